The molecule has 0 bridgehead atoms. The fourth-order valence-corrected chi connectivity index (χ4v) is 4.17. The van der Waals surface area contributed by atoms with Gasteiger partial charge in [-0.2, -0.15) is 13.2 Å². The Kier molecular flexibility index (Phi) is 5.42. The fourth-order valence-electron chi connectivity index (χ4n) is 4.03. The van der Waals surface area contributed by atoms with Gasteiger partial charge < -0.3 is 15.0 Å². The van der Waals surface area contributed by atoms with Crippen molar-refractivity contribution < 1.29 is 22.7 Å². The quantitative estimate of drug-likeness (QED) is 0.762. The molecule has 0 aromatic carbocycles. The van der Waals surface area contributed by atoms with Crippen molar-refractivity contribution >= 4 is 23.5 Å². The Morgan fingerprint density at radius 2 is 1.75 bits per heavy atom. The number of carbonyl (C=O) groups is 1. The van der Waals surface area contributed by atoms with E-state index in [9.17, 15) is 18.0 Å². The smallest absolute Gasteiger partial charge is 0.420 e. The number of carbonyl (C=O) groups excluding carboxylic acids is 1. The van der Waals surface area contributed by atoms with Crippen LogP contribution in [-0.4, -0.2) is 45.9 Å². The molecule has 1 unspecified atom stereocenters. The molecule has 3 rings (SSSR count). The maximum absolute atomic E-state index is 13.4. The molecule has 2 heterocycles. The second-order valence-corrected chi connectivity index (χ2v) is 8.91. The van der Waals surface area contributed by atoms with Crippen molar-refractivity contribution in [1.29, 1.82) is 0 Å². The van der Waals surface area contributed by atoms with Crippen LogP contribution in [0.2, 0.25) is 5.15 Å². The standard InChI is InChI=1S/C18H24ClF3N4O2/c1-9-13(18(20,21)22)15(25-24-14(9)19)23-12-5-10-7-26(8-11(10)6-12)16(27)28-17(2,3)4/h10-12H,5-8H2,1-4H3,(H,23,25)/t10-,11+,12?. The molecule has 1 aromatic rings. The van der Waals surface area contributed by atoms with Crippen LogP contribution < -0.4 is 5.32 Å². The first-order valence-corrected chi connectivity index (χ1v) is 9.57. The highest BCUT2D eigenvalue weighted by Crippen LogP contribution is 2.42. The number of rotatable bonds is 2. The Balaban J connectivity index is 1.65. The van der Waals surface area contributed by atoms with Gasteiger partial charge >= 0.3 is 12.3 Å². The number of hydrogen-bond acceptors (Lipinski definition) is 5. The molecule has 2 fully saturated rings. The topological polar surface area (TPSA) is 67.4 Å². The van der Waals surface area contributed by atoms with Gasteiger partial charge in [0.25, 0.3) is 0 Å². The van der Waals surface area contributed by atoms with Gasteiger partial charge in [0.15, 0.2) is 11.0 Å². The zero-order valence-electron chi connectivity index (χ0n) is 16.2. The summed E-state index contributed by atoms with van der Waals surface area (Å²) in [6.07, 6.45) is -3.60. The average Bonchev–Trinajstić information content (AvgIpc) is 3.06. The van der Waals surface area contributed by atoms with Crippen LogP contribution in [0.25, 0.3) is 0 Å². The number of aromatic nitrogens is 2. The molecule has 1 aliphatic heterocycles. The van der Waals surface area contributed by atoms with E-state index in [0.717, 1.165) is 0 Å². The minimum absolute atomic E-state index is 0.138. The highest BCUT2D eigenvalue weighted by molar-refractivity contribution is 6.30. The second-order valence-electron chi connectivity index (χ2n) is 8.56. The normalized spacial score (nSPS) is 25.0. The summed E-state index contributed by atoms with van der Waals surface area (Å²) in [7, 11) is 0. The lowest BCUT2D eigenvalue weighted by Crippen LogP contribution is -2.36. The first-order valence-electron chi connectivity index (χ1n) is 9.19. The largest absolute Gasteiger partial charge is 0.444 e. The Morgan fingerprint density at radius 1 is 1.18 bits per heavy atom. The summed E-state index contributed by atoms with van der Waals surface area (Å²) in [5, 5.41) is 9.92. The summed E-state index contributed by atoms with van der Waals surface area (Å²) < 4.78 is 45.7. The number of alkyl halides is 3. The Hall–Kier alpha value is -1.77. The molecule has 10 heteroatoms. The van der Waals surface area contributed by atoms with Crippen molar-refractivity contribution in [3.05, 3.63) is 16.3 Å². The molecule has 1 saturated heterocycles. The van der Waals surface area contributed by atoms with Crippen LogP contribution in [-0.2, 0) is 10.9 Å². The fraction of sp³-hybridized carbons (Fsp3) is 0.722. The summed E-state index contributed by atoms with van der Waals surface area (Å²) in [5.41, 5.74) is -1.57. The number of nitrogens with zero attached hydrogens (tertiary/aromatic N) is 3. The van der Waals surface area contributed by atoms with E-state index in [1.165, 1.54) is 6.92 Å². The van der Waals surface area contributed by atoms with Crippen LogP contribution in [0.5, 0.6) is 0 Å². The summed E-state index contributed by atoms with van der Waals surface area (Å²) in [4.78, 5) is 13.9. The number of hydrogen-bond donors (Lipinski definition) is 1. The van der Waals surface area contributed by atoms with Crippen LogP contribution in [0.1, 0.15) is 44.7 Å². The molecule has 0 radical (unpaired) electrons. The molecule has 28 heavy (non-hydrogen) atoms. The first-order chi connectivity index (χ1) is 12.8. The highest BCUT2D eigenvalue weighted by Gasteiger charge is 2.44. The van der Waals surface area contributed by atoms with Gasteiger partial charge in [-0.15, -0.1) is 10.2 Å². The maximum atomic E-state index is 13.4. The zero-order chi connectivity index (χ0) is 20.9. The predicted octanol–water partition coefficient (Wildman–Crippen LogP) is 4.51. The number of amides is 1. The number of ether oxygens (including phenoxy) is 1. The van der Waals surface area contributed by atoms with Crippen molar-refractivity contribution in [1.82, 2.24) is 15.1 Å². The van der Waals surface area contributed by atoms with Crippen LogP contribution in [0, 0.1) is 18.8 Å². The van der Waals surface area contributed by atoms with Gasteiger partial charge in [-0.3, -0.25) is 0 Å². The van der Waals surface area contributed by atoms with Crippen LogP contribution in [0.15, 0.2) is 0 Å². The van der Waals surface area contributed by atoms with Gasteiger partial charge in [0.2, 0.25) is 0 Å². The molecule has 1 aromatic heterocycles. The lowest BCUT2D eigenvalue weighted by Gasteiger charge is -2.25. The van der Waals surface area contributed by atoms with Gasteiger partial charge in [-0.25, -0.2) is 4.79 Å². The lowest BCUT2D eigenvalue weighted by molar-refractivity contribution is -0.137. The summed E-state index contributed by atoms with van der Waals surface area (Å²) in [5.74, 6) is 0.157. The van der Waals surface area contributed by atoms with E-state index in [1.807, 2.05) is 20.8 Å². The predicted molar refractivity (Wildman–Crippen MR) is 98.2 cm³/mol. The molecule has 1 saturated carbocycles. The number of anilines is 1. The SMILES string of the molecule is Cc1c(Cl)nnc(NC2C[C@@H]3CN(C(=O)OC(C)(C)C)C[C@@H]3C2)c1C(F)(F)F. The number of nitrogens with one attached hydrogen (secondary N) is 1. The Morgan fingerprint density at radius 3 is 2.25 bits per heavy atom. The van der Waals surface area contributed by atoms with Crippen molar-refractivity contribution in [3.63, 3.8) is 0 Å². The minimum Gasteiger partial charge on any atom is -0.444 e. The summed E-state index contributed by atoms with van der Waals surface area (Å²) >= 11 is 5.73. The molecular formula is C18H24ClF3N4O2. The van der Waals surface area contributed by atoms with E-state index in [1.54, 1.807) is 4.90 Å². The van der Waals surface area contributed by atoms with E-state index in [0.29, 0.717) is 25.9 Å². The van der Waals surface area contributed by atoms with E-state index in [2.05, 4.69) is 15.5 Å². The molecular weight excluding hydrogens is 397 g/mol. The van der Waals surface area contributed by atoms with E-state index in [-0.39, 0.29) is 40.5 Å². The van der Waals surface area contributed by atoms with Gasteiger partial charge in [0, 0.05) is 24.7 Å². The molecule has 3 atom stereocenters. The second kappa shape index (κ2) is 7.24. The first kappa shape index (κ1) is 21.0. The van der Waals surface area contributed by atoms with Crippen LogP contribution in [0.3, 0.4) is 0 Å². The molecule has 156 valence electrons. The third-order valence-electron chi connectivity index (χ3n) is 5.19. The number of likely N-dealkylation sites (tertiary alicyclic amines) is 1. The van der Waals surface area contributed by atoms with Crippen molar-refractivity contribution in [2.45, 2.75) is 58.4 Å². The van der Waals surface area contributed by atoms with Crippen LogP contribution in [0.4, 0.5) is 23.8 Å². The average molecular weight is 421 g/mol. The van der Waals surface area contributed by atoms with E-state index >= 15 is 0 Å². The lowest BCUT2D eigenvalue weighted by atomic mass is 10.0. The molecule has 1 amide bonds. The van der Waals surface area contributed by atoms with Crippen molar-refractivity contribution in [3.8, 4) is 0 Å². The monoisotopic (exact) mass is 420 g/mol. The zero-order valence-corrected chi connectivity index (χ0v) is 17.0. The molecule has 6 nitrogen and oxygen atoms in total. The third kappa shape index (κ3) is 4.45. The molecule has 1 N–H and O–H groups in total. The van der Waals surface area contributed by atoms with Gasteiger partial charge in [0.05, 0.1) is 0 Å². The van der Waals surface area contributed by atoms with Crippen LogP contribution >= 0.6 is 11.6 Å². The van der Waals surface area contributed by atoms with E-state index < -0.39 is 17.3 Å². The Bertz CT molecular complexity index is 752. The Labute approximate surface area is 166 Å². The van der Waals surface area contributed by atoms with E-state index in [4.69, 9.17) is 16.3 Å². The number of halogens is 4. The minimum atomic E-state index is -4.58. The molecule has 1 aliphatic carbocycles. The maximum Gasteiger partial charge on any atom is 0.420 e. The van der Waals surface area contributed by atoms with Crippen molar-refractivity contribution in [2.24, 2.45) is 11.8 Å². The summed E-state index contributed by atoms with van der Waals surface area (Å²) in [6, 6.07) is -0.160. The van der Waals surface area contributed by atoms with Gasteiger partial charge in [-0.1, -0.05) is 11.6 Å². The molecule has 2 aliphatic rings. The van der Waals surface area contributed by atoms with Crippen molar-refractivity contribution in [2.75, 3.05) is 18.4 Å². The van der Waals surface area contributed by atoms with Gasteiger partial charge in [-0.05, 0) is 52.4 Å². The number of fused-ring (bicyclic) bond motifs is 1. The highest BCUT2D eigenvalue weighted by atomic mass is 35.5. The third-order valence-corrected chi connectivity index (χ3v) is 5.55. The van der Waals surface area contributed by atoms with Gasteiger partial charge in [0.1, 0.15) is 11.2 Å². The summed E-state index contributed by atoms with van der Waals surface area (Å²) in [6.45, 7) is 7.83. The molecule has 0 spiro atoms.